The van der Waals surface area contributed by atoms with Crippen molar-refractivity contribution in [2.75, 3.05) is 0 Å². The van der Waals surface area contributed by atoms with Gasteiger partial charge in [0.05, 0.1) is 5.03 Å². The molecule has 2 aliphatic rings. The molecular formula is C8H8Cl2O. The van der Waals surface area contributed by atoms with Crippen LogP contribution in [-0.2, 0) is 4.74 Å². The summed E-state index contributed by atoms with van der Waals surface area (Å²) in [5.74, 6) is 0. The predicted octanol–water partition coefficient (Wildman–Crippen LogP) is 2.79. The van der Waals surface area contributed by atoms with Crippen LogP contribution in [0.1, 0.15) is 13.3 Å². The number of halogens is 2. The molecular weight excluding hydrogens is 183 g/mol. The van der Waals surface area contributed by atoms with Gasteiger partial charge in [0.25, 0.3) is 0 Å². The van der Waals surface area contributed by atoms with E-state index < -0.39 is 0 Å². The van der Waals surface area contributed by atoms with Crippen LogP contribution in [0.3, 0.4) is 0 Å². The molecule has 11 heavy (non-hydrogen) atoms. The largest absolute Gasteiger partial charge is 0.356 e. The summed E-state index contributed by atoms with van der Waals surface area (Å²) >= 11 is 11.7. The molecule has 2 rings (SSSR count). The smallest absolute Gasteiger partial charge is 0.127 e. The van der Waals surface area contributed by atoms with Gasteiger partial charge in [-0.05, 0) is 18.6 Å². The Hall–Kier alpha value is 0.0200. The maximum Gasteiger partial charge on any atom is 0.127 e. The van der Waals surface area contributed by atoms with E-state index >= 15 is 0 Å². The number of epoxide rings is 1. The van der Waals surface area contributed by atoms with Crippen LogP contribution in [0, 0.1) is 0 Å². The third kappa shape index (κ3) is 1.03. The van der Waals surface area contributed by atoms with E-state index in [4.69, 9.17) is 27.9 Å². The van der Waals surface area contributed by atoms with E-state index in [-0.39, 0.29) is 11.7 Å². The summed E-state index contributed by atoms with van der Waals surface area (Å²) in [5.41, 5.74) is -0.164. The van der Waals surface area contributed by atoms with Crippen LogP contribution in [0.4, 0.5) is 0 Å². The first-order valence-electron chi connectivity index (χ1n) is 3.61. The van der Waals surface area contributed by atoms with E-state index in [1.54, 1.807) is 6.08 Å². The van der Waals surface area contributed by atoms with Gasteiger partial charge >= 0.3 is 0 Å². The van der Waals surface area contributed by atoms with Crippen LogP contribution in [-0.4, -0.2) is 11.7 Å². The summed E-state index contributed by atoms with van der Waals surface area (Å²) in [5, 5.41) is 1.41. The highest BCUT2D eigenvalue weighted by atomic mass is 35.5. The Balaban J connectivity index is 2.32. The molecule has 0 spiro atoms. The normalized spacial score (nSPS) is 40.8. The van der Waals surface area contributed by atoms with Crippen LogP contribution in [0.5, 0.6) is 0 Å². The van der Waals surface area contributed by atoms with Crippen molar-refractivity contribution in [2.24, 2.45) is 0 Å². The van der Waals surface area contributed by atoms with Gasteiger partial charge in [-0.15, -0.1) is 0 Å². The molecule has 2 unspecified atom stereocenters. The summed E-state index contributed by atoms with van der Waals surface area (Å²) in [6.07, 6.45) is 4.69. The Bertz CT molecular complexity index is 257. The molecule has 0 N–H and O–H groups in total. The summed E-state index contributed by atoms with van der Waals surface area (Å²) < 4.78 is 5.44. The third-order valence-corrected chi connectivity index (χ3v) is 2.71. The molecule has 0 radical (unpaired) electrons. The predicted molar refractivity (Wildman–Crippen MR) is 45.8 cm³/mol. The van der Waals surface area contributed by atoms with E-state index in [0.717, 1.165) is 11.5 Å². The zero-order valence-electron chi connectivity index (χ0n) is 6.10. The summed E-state index contributed by atoms with van der Waals surface area (Å²) in [6.45, 7) is 2.07. The monoisotopic (exact) mass is 190 g/mol. The van der Waals surface area contributed by atoms with Crippen molar-refractivity contribution in [2.45, 2.75) is 25.0 Å². The lowest BCUT2D eigenvalue weighted by Crippen LogP contribution is -2.13. The summed E-state index contributed by atoms with van der Waals surface area (Å²) in [4.78, 5) is 0. The van der Waals surface area contributed by atoms with Gasteiger partial charge in [0.1, 0.15) is 11.7 Å². The molecule has 1 aliphatic carbocycles. The van der Waals surface area contributed by atoms with Crippen molar-refractivity contribution in [3.8, 4) is 0 Å². The minimum atomic E-state index is -0.164. The number of allylic oxidation sites excluding steroid dienone is 2. The highest BCUT2D eigenvalue weighted by Gasteiger charge is 2.56. The average Bonchev–Trinajstić information content (AvgIpc) is 2.64. The Labute approximate surface area is 75.6 Å². The van der Waals surface area contributed by atoms with E-state index in [9.17, 15) is 0 Å². The maximum atomic E-state index is 5.88. The molecule has 2 atom stereocenters. The maximum absolute atomic E-state index is 5.88. The molecule has 0 aromatic heterocycles. The lowest BCUT2D eigenvalue weighted by atomic mass is 9.98. The van der Waals surface area contributed by atoms with Crippen LogP contribution >= 0.6 is 23.2 Å². The van der Waals surface area contributed by atoms with Crippen LogP contribution < -0.4 is 0 Å². The third-order valence-electron chi connectivity index (χ3n) is 2.18. The average molecular weight is 191 g/mol. The summed E-state index contributed by atoms with van der Waals surface area (Å²) in [7, 11) is 0. The number of hydrogen-bond donors (Lipinski definition) is 0. The molecule has 1 saturated heterocycles. The molecule has 0 aromatic carbocycles. The second-order valence-corrected chi connectivity index (χ2v) is 3.74. The van der Waals surface area contributed by atoms with Crippen molar-refractivity contribution in [3.63, 3.8) is 0 Å². The molecule has 0 aromatic rings. The minimum Gasteiger partial charge on any atom is -0.356 e. The Morgan fingerprint density at radius 1 is 1.64 bits per heavy atom. The zero-order valence-corrected chi connectivity index (χ0v) is 7.62. The second-order valence-electron chi connectivity index (χ2n) is 2.86. The molecule has 1 nitrogen and oxygen atoms in total. The van der Waals surface area contributed by atoms with Gasteiger partial charge in [-0.2, -0.15) is 0 Å². The van der Waals surface area contributed by atoms with Gasteiger partial charge in [-0.25, -0.2) is 0 Å². The van der Waals surface area contributed by atoms with Gasteiger partial charge in [0.15, 0.2) is 0 Å². The van der Waals surface area contributed by atoms with Crippen LogP contribution in [0.15, 0.2) is 22.2 Å². The van der Waals surface area contributed by atoms with E-state index in [1.165, 1.54) is 0 Å². The molecule has 1 fully saturated rings. The second kappa shape index (κ2) is 2.25. The van der Waals surface area contributed by atoms with E-state index in [1.807, 2.05) is 6.08 Å². The number of ether oxygens (including phenoxy) is 1. The van der Waals surface area contributed by atoms with Gasteiger partial charge in [-0.3, -0.25) is 0 Å². The van der Waals surface area contributed by atoms with Gasteiger partial charge < -0.3 is 4.74 Å². The topological polar surface area (TPSA) is 12.5 Å². The molecule has 0 amide bonds. The van der Waals surface area contributed by atoms with Crippen molar-refractivity contribution in [1.29, 1.82) is 0 Å². The molecule has 1 aliphatic heterocycles. The van der Waals surface area contributed by atoms with Gasteiger partial charge in [0.2, 0.25) is 0 Å². The SMILES string of the molecule is CCC12C=C(Cl)C=C(Cl)C1O2. The van der Waals surface area contributed by atoms with E-state index in [2.05, 4.69) is 6.92 Å². The highest BCUT2D eigenvalue weighted by molar-refractivity contribution is 6.35. The fraction of sp³-hybridized carbons (Fsp3) is 0.500. The lowest BCUT2D eigenvalue weighted by molar-refractivity contribution is 0.334. The van der Waals surface area contributed by atoms with Crippen molar-refractivity contribution in [1.82, 2.24) is 0 Å². The van der Waals surface area contributed by atoms with Gasteiger partial charge in [0, 0.05) is 5.03 Å². The first-order chi connectivity index (χ1) is 5.18. The van der Waals surface area contributed by atoms with Crippen LogP contribution in [0.25, 0.3) is 0 Å². The molecule has 3 heteroatoms. The quantitative estimate of drug-likeness (QED) is 0.580. The Kier molecular flexibility index (Phi) is 1.57. The lowest BCUT2D eigenvalue weighted by Gasteiger charge is -2.08. The first kappa shape index (κ1) is 7.66. The molecule has 0 bridgehead atoms. The summed E-state index contributed by atoms with van der Waals surface area (Å²) in [6, 6.07) is 0. The van der Waals surface area contributed by atoms with Crippen molar-refractivity contribution in [3.05, 3.63) is 22.2 Å². The Morgan fingerprint density at radius 3 is 3.00 bits per heavy atom. The molecule has 1 heterocycles. The van der Waals surface area contributed by atoms with Gasteiger partial charge in [-0.1, -0.05) is 30.1 Å². The van der Waals surface area contributed by atoms with E-state index in [0.29, 0.717) is 5.03 Å². The minimum absolute atomic E-state index is 0.0802. The number of hydrogen-bond acceptors (Lipinski definition) is 1. The first-order valence-corrected chi connectivity index (χ1v) is 4.37. The molecule has 60 valence electrons. The fourth-order valence-corrected chi connectivity index (χ4v) is 2.14. The number of rotatable bonds is 1. The number of fused-ring (bicyclic) bond motifs is 1. The van der Waals surface area contributed by atoms with Crippen LogP contribution in [0.2, 0.25) is 0 Å². The highest BCUT2D eigenvalue weighted by Crippen LogP contribution is 2.50. The van der Waals surface area contributed by atoms with Crippen molar-refractivity contribution >= 4 is 23.2 Å². The molecule has 0 saturated carbocycles. The Morgan fingerprint density at radius 2 is 2.36 bits per heavy atom. The standard InChI is InChI=1S/C8H8Cl2O/c1-2-8-4-5(9)3-6(10)7(8)11-8/h3-4,7H,2H2,1H3. The fourth-order valence-electron chi connectivity index (χ4n) is 1.44. The zero-order chi connectivity index (χ0) is 8.06. The van der Waals surface area contributed by atoms with Crippen molar-refractivity contribution < 1.29 is 4.74 Å².